The minimum absolute atomic E-state index is 0.349. The first kappa shape index (κ1) is 22.7. The number of esters is 1. The van der Waals surface area contributed by atoms with Crippen LogP contribution in [0.2, 0.25) is 0 Å². The van der Waals surface area contributed by atoms with E-state index in [1.165, 1.54) is 29.6 Å². The average Bonchev–Trinajstić information content (AvgIpc) is 3.38. The van der Waals surface area contributed by atoms with Crippen molar-refractivity contribution < 1.29 is 9.53 Å². The van der Waals surface area contributed by atoms with E-state index in [0.717, 1.165) is 16.0 Å². The van der Waals surface area contributed by atoms with Crippen LogP contribution >= 0.6 is 23.6 Å². The summed E-state index contributed by atoms with van der Waals surface area (Å²) < 4.78 is 6.91. The molecule has 4 rings (SSSR count). The molecule has 0 aliphatic rings. The molecule has 0 aliphatic carbocycles. The molecule has 0 atom stereocenters. The number of aryl methyl sites for hydroxylation is 2. The van der Waals surface area contributed by atoms with Crippen LogP contribution in [0, 0.1) is 13.8 Å². The van der Waals surface area contributed by atoms with Crippen LogP contribution in [0.25, 0.3) is 11.1 Å². The van der Waals surface area contributed by atoms with Gasteiger partial charge < -0.3 is 15.4 Å². The van der Waals surface area contributed by atoms with Crippen LogP contribution in [0.5, 0.6) is 0 Å². The second-order valence-electron chi connectivity index (χ2n) is 7.56. The van der Waals surface area contributed by atoms with Crippen molar-refractivity contribution >= 4 is 45.5 Å². The Kier molecular flexibility index (Phi) is 6.86. The van der Waals surface area contributed by atoms with Gasteiger partial charge in [-0.25, -0.2) is 4.79 Å². The summed E-state index contributed by atoms with van der Waals surface area (Å²) in [5.41, 5.74) is 4.67. The summed E-state index contributed by atoms with van der Waals surface area (Å²) in [4.78, 5) is 13.6. The van der Waals surface area contributed by atoms with E-state index in [9.17, 15) is 4.79 Å². The number of nitrogens with zero attached hydrogens (tertiary/aromatic N) is 2. The number of nitrogens with one attached hydrogen (secondary N) is 2. The van der Waals surface area contributed by atoms with Crippen LogP contribution in [0.3, 0.4) is 0 Å². The lowest BCUT2D eigenvalue weighted by Gasteiger charge is -2.10. The maximum absolute atomic E-state index is 12.6. The molecule has 0 spiro atoms. The number of thiocarbonyl (C=S) groups is 1. The summed E-state index contributed by atoms with van der Waals surface area (Å²) in [6, 6.07) is 20.0. The molecule has 2 heterocycles. The third-order valence-electron chi connectivity index (χ3n) is 5.11. The molecule has 0 saturated carbocycles. The van der Waals surface area contributed by atoms with Gasteiger partial charge in [0.2, 0.25) is 0 Å². The molecule has 0 amide bonds. The summed E-state index contributed by atoms with van der Waals surface area (Å²) in [7, 11) is 1.38. The van der Waals surface area contributed by atoms with E-state index in [1.807, 2.05) is 54.2 Å². The van der Waals surface area contributed by atoms with Gasteiger partial charge in [0.05, 0.1) is 13.7 Å². The molecule has 2 aromatic carbocycles. The van der Waals surface area contributed by atoms with Gasteiger partial charge in [-0.15, -0.1) is 11.3 Å². The van der Waals surface area contributed by atoms with Gasteiger partial charge in [0, 0.05) is 22.7 Å². The first-order valence-corrected chi connectivity index (χ1v) is 11.6. The Morgan fingerprint density at radius 2 is 1.79 bits per heavy atom. The van der Waals surface area contributed by atoms with Crippen LogP contribution in [0.15, 0.2) is 66.9 Å². The molecular weight excluding hydrogens is 452 g/mol. The first-order valence-electron chi connectivity index (χ1n) is 10.4. The standard InChI is InChI=1S/C25H24N4O2S2/c1-16-9-11-18(12-10-16)15-29-14-13-20(28-29)26-25(32)27-23-22(24(30)31-3)21(17(2)33-23)19-7-5-4-6-8-19/h4-14H,15H2,1-3H3,(H2,26,27,28,32). The van der Waals surface area contributed by atoms with Gasteiger partial charge in [0.25, 0.3) is 0 Å². The lowest BCUT2D eigenvalue weighted by atomic mass is 10.0. The molecule has 6 nitrogen and oxygen atoms in total. The Hall–Kier alpha value is -3.49. The van der Waals surface area contributed by atoms with Gasteiger partial charge in [-0.3, -0.25) is 4.68 Å². The smallest absolute Gasteiger partial charge is 0.341 e. The van der Waals surface area contributed by atoms with Gasteiger partial charge >= 0.3 is 5.97 Å². The minimum atomic E-state index is -0.411. The molecular formula is C25H24N4O2S2. The van der Waals surface area contributed by atoms with Crippen molar-refractivity contribution in [2.45, 2.75) is 20.4 Å². The Morgan fingerprint density at radius 1 is 1.06 bits per heavy atom. The van der Waals surface area contributed by atoms with Gasteiger partial charge in [-0.1, -0.05) is 60.2 Å². The van der Waals surface area contributed by atoms with Crippen molar-refractivity contribution in [3.63, 3.8) is 0 Å². The molecule has 168 valence electrons. The van der Waals surface area contributed by atoms with Gasteiger partial charge in [-0.05, 0) is 37.2 Å². The highest BCUT2D eigenvalue weighted by Crippen LogP contribution is 2.40. The molecule has 0 radical (unpaired) electrons. The quantitative estimate of drug-likeness (QED) is 0.268. The van der Waals surface area contributed by atoms with Gasteiger partial charge in [0.15, 0.2) is 10.9 Å². The van der Waals surface area contributed by atoms with Crippen LogP contribution in [-0.4, -0.2) is 28.0 Å². The Morgan fingerprint density at radius 3 is 2.48 bits per heavy atom. The van der Waals surface area contributed by atoms with Crippen LogP contribution in [0.4, 0.5) is 10.8 Å². The number of ether oxygens (including phenoxy) is 1. The lowest BCUT2D eigenvalue weighted by molar-refractivity contribution is 0.0603. The van der Waals surface area contributed by atoms with Crippen LogP contribution in [0.1, 0.15) is 26.4 Å². The maximum Gasteiger partial charge on any atom is 0.341 e. The number of carbonyl (C=O) groups excluding carboxylic acids is 1. The number of methoxy groups -OCH3 is 1. The van der Waals surface area contributed by atoms with Gasteiger partial charge in [0.1, 0.15) is 10.6 Å². The normalized spacial score (nSPS) is 10.6. The predicted molar refractivity (Wildman–Crippen MR) is 138 cm³/mol. The van der Waals surface area contributed by atoms with E-state index in [0.29, 0.717) is 28.0 Å². The largest absolute Gasteiger partial charge is 0.465 e. The summed E-state index contributed by atoms with van der Waals surface area (Å²) in [5.74, 6) is 0.210. The van der Waals surface area contributed by atoms with Crippen molar-refractivity contribution in [3.05, 3.63) is 88.4 Å². The maximum atomic E-state index is 12.6. The summed E-state index contributed by atoms with van der Waals surface area (Å²) >= 11 is 6.97. The van der Waals surface area contributed by atoms with Crippen molar-refractivity contribution in [2.75, 3.05) is 17.7 Å². The van der Waals surface area contributed by atoms with Crippen LogP contribution < -0.4 is 10.6 Å². The number of rotatable bonds is 6. The summed E-state index contributed by atoms with van der Waals surface area (Å²) in [6.07, 6.45) is 1.90. The minimum Gasteiger partial charge on any atom is -0.465 e. The fourth-order valence-corrected chi connectivity index (χ4v) is 4.87. The predicted octanol–water partition coefficient (Wildman–Crippen LogP) is 5.87. The second-order valence-corrected chi connectivity index (χ2v) is 9.19. The van der Waals surface area contributed by atoms with Crippen LogP contribution in [-0.2, 0) is 11.3 Å². The molecule has 0 unspecified atom stereocenters. The molecule has 0 fully saturated rings. The number of carbonyl (C=O) groups is 1. The SMILES string of the molecule is COC(=O)c1c(NC(=S)Nc2ccn(Cc3ccc(C)cc3)n2)sc(C)c1-c1ccccc1. The Bertz CT molecular complexity index is 1280. The Labute approximate surface area is 202 Å². The topological polar surface area (TPSA) is 68.2 Å². The van der Waals surface area contributed by atoms with Crippen molar-refractivity contribution in [1.29, 1.82) is 0 Å². The van der Waals surface area contributed by atoms with E-state index in [4.69, 9.17) is 17.0 Å². The highest BCUT2D eigenvalue weighted by atomic mass is 32.1. The summed E-state index contributed by atoms with van der Waals surface area (Å²) in [5, 5.41) is 11.8. The third kappa shape index (κ3) is 5.30. The number of thiophene rings is 1. The van der Waals surface area contributed by atoms with Gasteiger partial charge in [-0.2, -0.15) is 5.10 Å². The fourth-order valence-electron chi connectivity index (χ4n) is 3.53. The zero-order chi connectivity index (χ0) is 23.4. The monoisotopic (exact) mass is 476 g/mol. The number of anilines is 2. The fraction of sp³-hybridized carbons (Fsp3) is 0.160. The zero-order valence-electron chi connectivity index (χ0n) is 18.6. The van der Waals surface area contributed by atoms with Crippen molar-refractivity contribution in [3.8, 4) is 11.1 Å². The number of hydrogen-bond acceptors (Lipinski definition) is 5. The molecule has 0 aliphatic heterocycles. The number of aromatic nitrogens is 2. The number of hydrogen-bond donors (Lipinski definition) is 2. The molecule has 2 N–H and O–H groups in total. The highest BCUT2D eigenvalue weighted by Gasteiger charge is 2.24. The zero-order valence-corrected chi connectivity index (χ0v) is 20.2. The third-order valence-corrected chi connectivity index (χ3v) is 6.34. The van der Waals surface area contributed by atoms with Crippen molar-refractivity contribution in [2.24, 2.45) is 0 Å². The number of benzene rings is 2. The van der Waals surface area contributed by atoms with E-state index in [-0.39, 0.29) is 0 Å². The lowest BCUT2D eigenvalue weighted by Crippen LogP contribution is -2.20. The molecule has 0 saturated heterocycles. The second kappa shape index (κ2) is 9.97. The average molecular weight is 477 g/mol. The van der Waals surface area contributed by atoms with E-state index < -0.39 is 5.97 Å². The Balaban J connectivity index is 1.50. The van der Waals surface area contributed by atoms with Crippen molar-refractivity contribution in [1.82, 2.24) is 9.78 Å². The molecule has 33 heavy (non-hydrogen) atoms. The molecule has 4 aromatic rings. The molecule has 8 heteroatoms. The van der Waals surface area contributed by atoms with E-state index in [1.54, 1.807) is 0 Å². The molecule has 0 bridgehead atoms. The summed E-state index contributed by atoms with van der Waals surface area (Å²) in [6.45, 7) is 4.71. The first-order chi connectivity index (χ1) is 15.9. The molecule has 2 aromatic heterocycles. The van der Waals surface area contributed by atoms with E-state index in [2.05, 4.69) is 46.9 Å². The van der Waals surface area contributed by atoms with E-state index >= 15 is 0 Å². The highest BCUT2D eigenvalue weighted by molar-refractivity contribution is 7.80.